The molecule has 2 aliphatic rings. The minimum Gasteiger partial charge on any atom is -0.496 e. The summed E-state index contributed by atoms with van der Waals surface area (Å²) in [6, 6.07) is 18.7. The van der Waals surface area contributed by atoms with Crippen molar-refractivity contribution in [3.63, 3.8) is 0 Å². The van der Waals surface area contributed by atoms with Gasteiger partial charge in [-0.1, -0.05) is 30.3 Å². The topological polar surface area (TPSA) is 120 Å². The van der Waals surface area contributed by atoms with Gasteiger partial charge in [-0.2, -0.15) is 0 Å². The number of aromatic nitrogens is 4. The van der Waals surface area contributed by atoms with E-state index >= 15 is 0 Å². The lowest BCUT2D eigenvalue weighted by Crippen LogP contribution is -2.52. The maximum absolute atomic E-state index is 13.6. The Morgan fingerprint density at radius 1 is 0.974 bits per heavy atom. The average Bonchev–Trinajstić information content (AvgIpc) is 3.52. The number of hydrogen-bond donors (Lipinski definition) is 1. The Bertz CT molecular complexity index is 1500. The molecule has 0 aliphatic carbocycles. The fourth-order valence-corrected chi connectivity index (χ4v) is 5.43. The molecule has 39 heavy (non-hydrogen) atoms. The number of aromatic amines is 1. The highest BCUT2D eigenvalue weighted by Crippen LogP contribution is 2.42. The fourth-order valence-electron chi connectivity index (χ4n) is 5.43. The zero-order valence-electron chi connectivity index (χ0n) is 21.6. The predicted molar refractivity (Wildman–Crippen MR) is 142 cm³/mol. The van der Waals surface area contributed by atoms with Crippen LogP contribution in [0.2, 0.25) is 0 Å². The molecule has 1 amide bonds. The number of nitrogens with zero attached hydrogens (tertiary/aromatic N) is 4. The molecule has 1 spiro atoms. The number of methoxy groups -OCH3 is 2. The SMILES string of the molecule is COc1cc(C(=O)N2CCC3(CC2)CC(=O)c2cc(-c4nnn[nH]4)ccc2O3)cc(OC)c1-c1ccccc1. The number of amides is 1. The number of H-pyrrole nitrogens is 1. The molecule has 1 fully saturated rings. The predicted octanol–water partition coefficient (Wildman–Crippen LogP) is 4.19. The zero-order chi connectivity index (χ0) is 27.0. The van der Waals surface area contributed by atoms with Crippen molar-refractivity contribution >= 4 is 11.7 Å². The average molecular weight is 526 g/mol. The first-order valence-corrected chi connectivity index (χ1v) is 12.7. The largest absolute Gasteiger partial charge is 0.496 e. The van der Waals surface area contributed by atoms with Gasteiger partial charge in [-0.25, -0.2) is 5.10 Å². The Labute approximate surface area is 224 Å². The molecular weight excluding hydrogens is 498 g/mol. The third-order valence-electron chi connectivity index (χ3n) is 7.49. The van der Waals surface area contributed by atoms with Crippen LogP contribution in [-0.2, 0) is 0 Å². The van der Waals surface area contributed by atoms with Crippen LogP contribution in [0.4, 0.5) is 0 Å². The van der Waals surface area contributed by atoms with Crippen molar-refractivity contribution in [2.75, 3.05) is 27.3 Å². The van der Waals surface area contributed by atoms with Crippen LogP contribution in [0.15, 0.2) is 60.7 Å². The van der Waals surface area contributed by atoms with Crippen molar-refractivity contribution in [3.8, 4) is 39.8 Å². The molecular formula is C29H27N5O5. The number of piperidine rings is 1. The zero-order valence-corrected chi connectivity index (χ0v) is 21.6. The monoisotopic (exact) mass is 525 g/mol. The van der Waals surface area contributed by atoms with Gasteiger partial charge in [0.15, 0.2) is 11.6 Å². The van der Waals surface area contributed by atoms with Gasteiger partial charge < -0.3 is 19.1 Å². The van der Waals surface area contributed by atoms with Crippen LogP contribution in [0.1, 0.15) is 40.0 Å². The van der Waals surface area contributed by atoms with Crippen LogP contribution < -0.4 is 14.2 Å². The van der Waals surface area contributed by atoms with Gasteiger partial charge in [0.1, 0.15) is 22.8 Å². The van der Waals surface area contributed by atoms with E-state index in [0.717, 1.165) is 16.7 Å². The third-order valence-corrected chi connectivity index (χ3v) is 7.49. The first kappa shape index (κ1) is 24.6. The Hall–Kier alpha value is -4.73. The van der Waals surface area contributed by atoms with Crippen LogP contribution in [0.3, 0.4) is 0 Å². The van der Waals surface area contributed by atoms with Crippen molar-refractivity contribution in [1.82, 2.24) is 25.5 Å². The normalized spacial score (nSPS) is 15.9. The van der Waals surface area contributed by atoms with E-state index in [1.54, 1.807) is 43.4 Å². The molecule has 0 atom stereocenters. The second-order valence-electron chi connectivity index (χ2n) is 9.76. The van der Waals surface area contributed by atoms with Crippen molar-refractivity contribution in [3.05, 3.63) is 71.8 Å². The molecule has 3 aromatic carbocycles. The molecule has 0 unspecified atom stereocenters. The highest BCUT2D eigenvalue weighted by atomic mass is 16.5. The number of fused-ring (bicyclic) bond motifs is 1. The summed E-state index contributed by atoms with van der Waals surface area (Å²) < 4.78 is 17.7. The van der Waals surface area contributed by atoms with Gasteiger partial charge >= 0.3 is 0 Å². The number of likely N-dealkylation sites (tertiary alicyclic amines) is 1. The van der Waals surface area contributed by atoms with Gasteiger partial charge in [-0.15, -0.1) is 5.10 Å². The van der Waals surface area contributed by atoms with Gasteiger partial charge in [-0.3, -0.25) is 9.59 Å². The molecule has 10 nitrogen and oxygen atoms in total. The summed E-state index contributed by atoms with van der Waals surface area (Å²) in [5.41, 5.74) is 2.82. The Morgan fingerprint density at radius 3 is 2.33 bits per heavy atom. The number of benzene rings is 3. The molecule has 198 valence electrons. The molecule has 10 heteroatoms. The molecule has 1 aromatic heterocycles. The number of nitrogens with one attached hydrogen (secondary N) is 1. The molecule has 6 rings (SSSR count). The quantitative estimate of drug-likeness (QED) is 0.412. The smallest absolute Gasteiger partial charge is 0.254 e. The van der Waals surface area contributed by atoms with E-state index in [9.17, 15) is 9.59 Å². The molecule has 0 bridgehead atoms. The van der Waals surface area contributed by atoms with E-state index in [0.29, 0.717) is 60.1 Å². The van der Waals surface area contributed by atoms with Crippen molar-refractivity contribution in [2.24, 2.45) is 0 Å². The molecule has 3 heterocycles. The van der Waals surface area contributed by atoms with Gasteiger partial charge in [0.05, 0.1) is 31.8 Å². The Kier molecular flexibility index (Phi) is 6.22. The third kappa shape index (κ3) is 4.47. The van der Waals surface area contributed by atoms with Crippen LogP contribution in [0.5, 0.6) is 17.2 Å². The van der Waals surface area contributed by atoms with E-state index in [4.69, 9.17) is 14.2 Å². The molecule has 2 aliphatic heterocycles. The summed E-state index contributed by atoms with van der Waals surface area (Å²) in [6.07, 6.45) is 1.36. The molecule has 1 saturated heterocycles. The lowest BCUT2D eigenvalue weighted by Gasteiger charge is -2.44. The second kappa shape index (κ2) is 9.86. The fraction of sp³-hybridized carbons (Fsp3) is 0.276. The Balaban J connectivity index is 1.20. The van der Waals surface area contributed by atoms with Crippen LogP contribution in [0, 0.1) is 0 Å². The molecule has 1 N–H and O–H groups in total. The van der Waals surface area contributed by atoms with E-state index in [1.807, 2.05) is 36.4 Å². The first-order valence-electron chi connectivity index (χ1n) is 12.7. The highest BCUT2D eigenvalue weighted by molar-refractivity contribution is 6.01. The standard InChI is InChI=1S/C29H27N5O5/c1-37-24-15-20(16-25(38-2)26(24)18-6-4-3-5-7-18)28(36)34-12-10-29(11-13-34)17-22(35)21-14-19(8-9-23(21)39-29)27-30-32-33-31-27/h3-9,14-16H,10-13,17H2,1-2H3,(H,30,31,32,33). The van der Waals surface area contributed by atoms with E-state index in [-0.39, 0.29) is 18.1 Å². The number of ether oxygens (including phenoxy) is 3. The van der Waals surface area contributed by atoms with E-state index in [1.165, 1.54) is 0 Å². The second-order valence-corrected chi connectivity index (χ2v) is 9.76. The number of ketones is 1. The summed E-state index contributed by atoms with van der Waals surface area (Å²) in [5.74, 6) is 2.06. The first-order chi connectivity index (χ1) is 19.0. The lowest BCUT2D eigenvalue weighted by molar-refractivity contribution is -0.00571. The van der Waals surface area contributed by atoms with Crippen LogP contribution >= 0.6 is 0 Å². The minimum atomic E-state index is -0.636. The summed E-state index contributed by atoms with van der Waals surface area (Å²) in [4.78, 5) is 28.5. The Morgan fingerprint density at radius 2 is 1.69 bits per heavy atom. The number of rotatable bonds is 5. The van der Waals surface area contributed by atoms with E-state index in [2.05, 4.69) is 20.6 Å². The highest BCUT2D eigenvalue weighted by Gasteiger charge is 2.44. The van der Waals surface area contributed by atoms with Gasteiger partial charge in [-0.05, 0) is 46.3 Å². The number of hydrogen-bond acceptors (Lipinski definition) is 8. The molecule has 0 radical (unpaired) electrons. The van der Waals surface area contributed by atoms with Crippen molar-refractivity contribution in [1.29, 1.82) is 0 Å². The summed E-state index contributed by atoms with van der Waals surface area (Å²) in [6.45, 7) is 0.933. The maximum Gasteiger partial charge on any atom is 0.254 e. The number of carbonyl (C=O) groups excluding carboxylic acids is 2. The van der Waals surface area contributed by atoms with E-state index < -0.39 is 5.60 Å². The summed E-state index contributed by atoms with van der Waals surface area (Å²) in [7, 11) is 3.17. The van der Waals surface area contributed by atoms with Crippen LogP contribution in [-0.4, -0.2) is 70.1 Å². The summed E-state index contributed by atoms with van der Waals surface area (Å²) >= 11 is 0. The minimum absolute atomic E-state index is 0.0105. The van der Waals surface area contributed by atoms with Crippen LogP contribution in [0.25, 0.3) is 22.5 Å². The number of tetrazole rings is 1. The van der Waals surface area contributed by atoms with Crippen molar-refractivity contribution in [2.45, 2.75) is 24.9 Å². The summed E-state index contributed by atoms with van der Waals surface area (Å²) in [5, 5.41) is 13.8. The lowest BCUT2D eigenvalue weighted by atomic mass is 9.82. The molecule has 0 saturated carbocycles. The molecule has 4 aromatic rings. The van der Waals surface area contributed by atoms with Crippen molar-refractivity contribution < 1.29 is 23.8 Å². The van der Waals surface area contributed by atoms with Gasteiger partial charge in [0, 0.05) is 37.1 Å². The van der Waals surface area contributed by atoms with Gasteiger partial charge in [0.2, 0.25) is 0 Å². The number of carbonyl (C=O) groups is 2. The maximum atomic E-state index is 13.6. The van der Waals surface area contributed by atoms with Gasteiger partial charge in [0.25, 0.3) is 5.91 Å². The number of Topliss-reactive ketones (excluding diaryl/α,β-unsaturated/α-hetero) is 1.